The molecule has 5 nitrogen and oxygen atoms in total. The van der Waals surface area contributed by atoms with Crippen LogP contribution in [0.2, 0.25) is 0 Å². The monoisotopic (exact) mass is 332 g/mol. The molecule has 2 aliphatic rings. The average Bonchev–Trinajstić information content (AvgIpc) is 3.16. The van der Waals surface area contributed by atoms with E-state index in [4.69, 9.17) is 14.5 Å². The van der Waals surface area contributed by atoms with E-state index in [-0.39, 0.29) is 18.1 Å². The summed E-state index contributed by atoms with van der Waals surface area (Å²) in [5, 5.41) is 4.07. The van der Waals surface area contributed by atoms with Gasteiger partial charge in [0, 0.05) is 0 Å². The topological polar surface area (TPSA) is 60.5 Å². The van der Waals surface area contributed by atoms with Gasteiger partial charge in [-0.3, -0.25) is 4.79 Å². The summed E-state index contributed by atoms with van der Waals surface area (Å²) >= 11 is 1.62. The molecule has 0 radical (unpaired) electrons. The number of ether oxygens (including phenoxy) is 2. The molecule has 2 saturated heterocycles. The first kappa shape index (κ1) is 15.1. The van der Waals surface area contributed by atoms with Crippen molar-refractivity contribution in [1.82, 2.24) is 10.3 Å². The number of para-hydroxylation sites is 1. The third kappa shape index (κ3) is 2.65. The van der Waals surface area contributed by atoms with Gasteiger partial charge in [0.25, 0.3) is 0 Å². The molecule has 2 atom stereocenters. The van der Waals surface area contributed by atoms with E-state index >= 15 is 0 Å². The van der Waals surface area contributed by atoms with E-state index in [9.17, 15) is 4.79 Å². The molecule has 4 rings (SSSR count). The number of hydrogen-bond donors (Lipinski definition) is 1. The zero-order chi connectivity index (χ0) is 15.9. The number of nitrogens with one attached hydrogen (secondary N) is 1. The number of benzene rings is 1. The molecule has 6 heteroatoms. The van der Waals surface area contributed by atoms with E-state index in [1.165, 1.54) is 0 Å². The van der Waals surface area contributed by atoms with Gasteiger partial charge in [-0.15, -0.1) is 11.3 Å². The van der Waals surface area contributed by atoms with Crippen LogP contribution >= 0.6 is 11.3 Å². The number of carbonyl (C=O) groups is 1. The summed E-state index contributed by atoms with van der Waals surface area (Å²) in [7, 11) is 0. The molecule has 0 bridgehead atoms. The second kappa shape index (κ2) is 5.85. The Bertz CT molecular complexity index is 692. The largest absolute Gasteiger partial charge is 0.375 e. The van der Waals surface area contributed by atoms with Crippen LogP contribution in [-0.4, -0.2) is 36.3 Å². The lowest BCUT2D eigenvalue weighted by molar-refractivity contribution is -0.144. The summed E-state index contributed by atoms with van der Waals surface area (Å²) < 4.78 is 12.3. The highest BCUT2D eigenvalue weighted by Gasteiger charge is 2.46. The first-order chi connectivity index (χ1) is 11.2. The molecular formula is C17H20N2O3S. The molecule has 1 aromatic carbocycles. The van der Waals surface area contributed by atoms with Gasteiger partial charge in [0.2, 0.25) is 5.91 Å². The van der Waals surface area contributed by atoms with Crippen molar-refractivity contribution in [3.05, 3.63) is 29.3 Å². The van der Waals surface area contributed by atoms with Gasteiger partial charge in [-0.05, 0) is 31.4 Å². The van der Waals surface area contributed by atoms with E-state index in [0.29, 0.717) is 13.2 Å². The fourth-order valence-corrected chi connectivity index (χ4v) is 4.23. The van der Waals surface area contributed by atoms with Crippen molar-refractivity contribution in [2.75, 3.05) is 13.2 Å². The van der Waals surface area contributed by atoms with Gasteiger partial charge in [0.05, 0.1) is 29.5 Å². The van der Waals surface area contributed by atoms with Gasteiger partial charge >= 0.3 is 0 Å². The van der Waals surface area contributed by atoms with Crippen LogP contribution in [0.4, 0.5) is 0 Å². The quantitative estimate of drug-likeness (QED) is 0.935. The predicted octanol–water partition coefficient (Wildman–Crippen LogP) is 2.60. The van der Waals surface area contributed by atoms with Crippen LogP contribution in [-0.2, 0) is 19.8 Å². The molecule has 0 aliphatic carbocycles. The highest BCUT2D eigenvalue weighted by atomic mass is 32.1. The lowest BCUT2D eigenvalue weighted by atomic mass is 9.97. The minimum atomic E-state index is -0.492. The van der Waals surface area contributed by atoms with Crippen molar-refractivity contribution in [3.63, 3.8) is 0 Å². The molecule has 122 valence electrons. The molecule has 1 aromatic heterocycles. The summed E-state index contributed by atoms with van der Waals surface area (Å²) in [5.74, 6) is -0.0384. The normalized spacial score (nSPS) is 26.1. The molecule has 2 unspecified atom stereocenters. The second-order valence-corrected chi connectivity index (χ2v) is 7.31. The van der Waals surface area contributed by atoms with Crippen LogP contribution in [0.15, 0.2) is 24.3 Å². The van der Waals surface area contributed by atoms with Gasteiger partial charge in [0.1, 0.15) is 16.7 Å². The molecule has 2 aromatic rings. The van der Waals surface area contributed by atoms with Crippen LogP contribution in [0, 0.1) is 0 Å². The fourth-order valence-electron chi connectivity index (χ4n) is 3.15. The van der Waals surface area contributed by atoms with Gasteiger partial charge in [0.15, 0.2) is 0 Å². The lowest BCUT2D eigenvalue weighted by Gasteiger charge is -2.40. The number of fused-ring (bicyclic) bond motifs is 1. The number of aromatic nitrogens is 1. The number of carbonyl (C=O) groups excluding carboxylic acids is 1. The molecule has 0 saturated carbocycles. The number of hydrogen-bond acceptors (Lipinski definition) is 5. The smallest absolute Gasteiger partial charge is 0.250 e. The number of amides is 1. The molecule has 23 heavy (non-hydrogen) atoms. The van der Waals surface area contributed by atoms with Crippen LogP contribution < -0.4 is 5.32 Å². The van der Waals surface area contributed by atoms with Gasteiger partial charge in [-0.25, -0.2) is 4.98 Å². The molecule has 2 aliphatic heterocycles. The van der Waals surface area contributed by atoms with Gasteiger partial charge in [-0.2, -0.15) is 0 Å². The zero-order valence-corrected chi connectivity index (χ0v) is 13.9. The van der Waals surface area contributed by atoms with Crippen molar-refractivity contribution in [1.29, 1.82) is 0 Å². The van der Waals surface area contributed by atoms with Crippen LogP contribution in [0.1, 0.15) is 31.2 Å². The van der Waals surface area contributed by atoms with Crippen LogP contribution in [0.3, 0.4) is 0 Å². The zero-order valence-electron chi connectivity index (χ0n) is 13.1. The highest BCUT2D eigenvalue weighted by molar-refractivity contribution is 7.18. The maximum Gasteiger partial charge on any atom is 0.250 e. The Labute approximate surface area is 139 Å². The van der Waals surface area contributed by atoms with Crippen molar-refractivity contribution in [2.45, 2.75) is 43.9 Å². The van der Waals surface area contributed by atoms with Crippen molar-refractivity contribution in [3.8, 4) is 0 Å². The Morgan fingerprint density at radius 3 is 2.87 bits per heavy atom. The Hall–Kier alpha value is -1.50. The molecule has 2 fully saturated rings. The highest BCUT2D eigenvalue weighted by Crippen LogP contribution is 2.36. The molecule has 3 heterocycles. The first-order valence-electron chi connectivity index (χ1n) is 8.11. The summed E-state index contributed by atoms with van der Waals surface area (Å²) in [4.78, 5) is 17.3. The number of thiazole rings is 1. The molecular weight excluding hydrogens is 312 g/mol. The van der Waals surface area contributed by atoms with E-state index < -0.39 is 5.54 Å². The van der Waals surface area contributed by atoms with Crippen molar-refractivity contribution < 1.29 is 14.3 Å². The number of nitrogens with zero attached hydrogens (tertiary/aromatic N) is 1. The minimum Gasteiger partial charge on any atom is -0.375 e. The van der Waals surface area contributed by atoms with E-state index in [2.05, 4.69) is 18.3 Å². The standard InChI is InChI=1S/C17H20N2O3S/c1-2-11-7-8-13(22-11)15(20)19-17(9-21-10-17)16-18-12-5-3-4-6-14(12)23-16/h3-6,11,13H,2,7-10H2,1H3,(H,19,20). The van der Waals surface area contributed by atoms with E-state index in [1.54, 1.807) is 11.3 Å². The van der Waals surface area contributed by atoms with Crippen molar-refractivity contribution in [2.24, 2.45) is 0 Å². The summed E-state index contributed by atoms with van der Waals surface area (Å²) in [6, 6.07) is 8.03. The Kier molecular flexibility index (Phi) is 3.83. The maximum absolute atomic E-state index is 12.6. The van der Waals surface area contributed by atoms with Crippen LogP contribution in [0.5, 0.6) is 0 Å². The minimum absolute atomic E-state index is 0.0384. The van der Waals surface area contributed by atoms with E-state index in [1.807, 2.05) is 18.2 Å². The maximum atomic E-state index is 12.6. The SMILES string of the molecule is CCC1CCC(C(=O)NC2(c3nc4ccccc4s3)COC2)O1. The molecule has 1 N–H and O–H groups in total. The number of rotatable bonds is 4. The fraction of sp³-hybridized carbons (Fsp3) is 0.529. The lowest BCUT2D eigenvalue weighted by Crippen LogP contribution is -2.61. The van der Waals surface area contributed by atoms with Crippen molar-refractivity contribution >= 4 is 27.5 Å². The average molecular weight is 332 g/mol. The third-order valence-corrected chi connectivity index (χ3v) is 5.86. The summed E-state index contributed by atoms with van der Waals surface area (Å²) in [6.45, 7) is 3.04. The second-order valence-electron chi connectivity index (χ2n) is 6.28. The Morgan fingerprint density at radius 1 is 1.39 bits per heavy atom. The third-order valence-electron chi connectivity index (χ3n) is 4.62. The first-order valence-corrected chi connectivity index (χ1v) is 8.93. The van der Waals surface area contributed by atoms with Gasteiger partial charge < -0.3 is 14.8 Å². The van der Waals surface area contributed by atoms with E-state index in [0.717, 1.165) is 34.5 Å². The molecule has 1 amide bonds. The Balaban J connectivity index is 1.54. The van der Waals surface area contributed by atoms with Crippen LogP contribution in [0.25, 0.3) is 10.2 Å². The van der Waals surface area contributed by atoms with Gasteiger partial charge in [-0.1, -0.05) is 19.1 Å². The Morgan fingerprint density at radius 2 is 2.22 bits per heavy atom. The summed E-state index contributed by atoms with van der Waals surface area (Å²) in [5.41, 5.74) is 0.477. The summed E-state index contributed by atoms with van der Waals surface area (Å²) in [6.07, 6.45) is 2.57. The molecule has 0 spiro atoms. The predicted molar refractivity (Wildman–Crippen MR) is 88.4 cm³/mol.